The fourth-order valence-corrected chi connectivity index (χ4v) is 6.52. The zero-order valence-electron chi connectivity index (χ0n) is 38.1. The molecule has 0 aliphatic rings. The Hall–Kier alpha value is -2.63. The Bertz CT molecular complexity index is 1280. The van der Waals surface area contributed by atoms with Crippen LogP contribution in [0.1, 0.15) is 155 Å². The summed E-state index contributed by atoms with van der Waals surface area (Å²) >= 11 is 0. The van der Waals surface area contributed by atoms with Crippen LogP contribution in [-0.2, 0) is 32.7 Å². The summed E-state index contributed by atoms with van der Waals surface area (Å²) in [5.41, 5.74) is 0. The molecule has 0 aromatic rings. The molecule has 0 aromatic carbocycles. The lowest BCUT2D eigenvalue weighted by molar-refractivity contribution is -0.870. The summed E-state index contributed by atoms with van der Waals surface area (Å²) < 4.78 is 34.2. The first-order chi connectivity index (χ1) is 28.7. The highest BCUT2D eigenvalue weighted by Gasteiger charge is 2.27. The predicted octanol–water partition coefficient (Wildman–Crippen LogP) is 11.0. The Kier molecular flexibility index (Phi) is 37.5. The summed E-state index contributed by atoms with van der Waals surface area (Å²) in [4.78, 5) is 35.4. The van der Waals surface area contributed by atoms with Gasteiger partial charge in [0, 0.05) is 12.8 Å². The van der Waals surface area contributed by atoms with Crippen molar-refractivity contribution < 1.29 is 52.3 Å². The average Bonchev–Trinajstić information content (AvgIpc) is 3.18. The van der Waals surface area contributed by atoms with Crippen LogP contribution >= 0.6 is 7.82 Å². The zero-order valence-corrected chi connectivity index (χ0v) is 39.0. The quantitative estimate of drug-likeness (QED) is 0.0136. The van der Waals surface area contributed by atoms with Gasteiger partial charge in [0.1, 0.15) is 19.8 Å². The molecule has 0 spiro atoms. The number of likely N-dealkylation sites (N-methyl/N-ethyl adjacent to an activating group) is 1. The van der Waals surface area contributed by atoms with Gasteiger partial charge >= 0.3 is 19.8 Å². The smallest absolute Gasteiger partial charge is 0.462 e. The molecule has 4 unspecified atom stereocenters. The Morgan fingerprint density at radius 2 is 1.18 bits per heavy atom. The van der Waals surface area contributed by atoms with Gasteiger partial charge in [0.05, 0.1) is 40.0 Å². The van der Waals surface area contributed by atoms with Crippen LogP contribution in [0.15, 0.2) is 72.9 Å². The first-order valence-electron chi connectivity index (χ1n) is 22.8. The molecule has 0 bridgehead atoms. The molecule has 0 radical (unpaired) electrons. The van der Waals surface area contributed by atoms with Crippen molar-refractivity contribution in [1.82, 2.24) is 0 Å². The number of hydrogen-bond acceptors (Lipinski definition) is 9. The number of nitrogens with zero attached hydrogens (tertiary/aromatic N) is 1. The van der Waals surface area contributed by atoms with Crippen LogP contribution in [-0.4, -0.2) is 97.3 Å². The van der Waals surface area contributed by atoms with Gasteiger partial charge in [0.2, 0.25) is 0 Å². The van der Waals surface area contributed by atoms with Crippen molar-refractivity contribution in [3.8, 4) is 0 Å². The van der Waals surface area contributed by atoms with Gasteiger partial charge in [-0.3, -0.25) is 18.6 Å². The van der Waals surface area contributed by atoms with E-state index in [-0.39, 0.29) is 26.1 Å². The second-order valence-corrected chi connectivity index (χ2v) is 18.0. The lowest BCUT2D eigenvalue weighted by atomic mass is 10.0. The van der Waals surface area contributed by atoms with Crippen LogP contribution in [0.3, 0.4) is 0 Å². The number of aliphatic hydroxyl groups is 2. The molecule has 11 nitrogen and oxygen atoms in total. The number of allylic oxidation sites excluding steroid dienone is 9. The Balaban J connectivity index is 4.53. The fraction of sp³-hybridized carbons (Fsp3) is 0.708. The Labute approximate surface area is 364 Å². The van der Waals surface area contributed by atoms with Gasteiger partial charge in [-0.1, -0.05) is 170 Å². The molecule has 346 valence electrons. The number of rotatable bonds is 40. The molecule has 0 heterocycles. The van der Waals surface area contributed by atoms with Crippen LogP contribution in [0.25, 0.3) is 0 Å². The first-order valence-corrected chi connectivity index (χ1v) is 24.3. The molecule has 0 amide bonds. The van der Waals surface area contributed by atoms with Crippen molar-refractivity contribution in [3.63, 3.8) is 0 Å². The Morgan fingerprint density at radius 3 is 1.78 bits per heavy atom. The highest BCUT2D eigenvalue weighted by atomic mass is 31.2. The SMILES string of the molecule is CCCCCCCCCCCCCCCCCC(=O)OCC(COP(=O)(O)OCC[N+](C)(C)C)OC(=O)CC/C=C/C/C=C/C/C=C/C=C\C(O)C/C=C/C/C=C\C(C)O. The molecule has 0 fully saturated rings. The van der Waals surface area contributed by atoms with E-state index in [1.807, 2.05) is 81.9 Å². The van der Waals surface area contributed by atoms with E-state index < -0.39 is 44.7 Å². The van der Waals surface area contributed by atoms with Gasteiger partial charge in [-0.05, 0) is 45.4 Å². The molecule has 3 N–H and O–H groups in total. The lowest BCUT2D eigenvalue weighted by Gasteiger charge is -2.24. The first kappa shape index (κ1) is 57.4. The van der Waals surface area contributed by atoms with Crippen LogP contribution in [0, 0.1) is 0 Å². The highest BCUT2D eigenvalue weighted by Crippen LogP contribution is 2.43. The molecule has 60 heavy (non-hydrogen) atoms. The summed E-state index contributed by atoms with van der Waals surface area (Å²) in [7, 11) is 1.37. The van der Waals surface area contributed by atoms with E-state index in [9.17, 15) is 29.3 Å². The predicted molar refractivity (Wildman–Crippen MR) is 245 cm³/mol. The van der Waals surface area contributed by atoms with Crippen molar-refractivity contribution in [2.45, 2.75) is 173 Å². The zero-order chi connectivity index (χ0) is 44.6. The lowest BCUT2D eigenvalue weighted by Crippen LogP contribution is -2.37. The second-order valence-electron chi connectivity index (χ2n) is 16.6. The molecule has 0 rings (SSSR count). The second kappa shape index (κ2) is 39.2. The number of unbranched alkanes of at least 4 members (excludes halogenated alkanes) is 14. The van der Waals surface area contributed by atoms with E-state index in [1.165, 1.54) is 77.0 Å². The Morgan fingerprint density at radius 1 is 0.633 bits per heavy atom. The number of aliphatic hydroxyl groups excluding tert-OH is 2. The number of phosphoric ester groups is 1. The summed E-state index contributed by atoms with van der Waals surface area (Å²) in [5, 5.41) is 19.2. The van der Waals surface area contributed by atoms with Crippen LogP contribution in [0.4, 0.5) is 0 Å². The minimum Gasteiger partial charge on any atom is -0.462 e. The molecule has 0 aromatic heterocycles. The van der Waals surface area contributed by atoms with E-state index >= 15 is 0 Å². The van der Waals surface area contributed by atoms with Gasteiger partial charge in [0.15, 0.2) is 6.10 Å². The summed E-state index contributed by atoms with van der Waals surface area (Å²) in [6, 6.07) is 0. The van der Waals surface area contributed by atoms with Gasteiger partial charge < -0.3 is 29.1 Å². The van der Waals surface area contributed by atoms with Crippen LogP contribution in [0.5, 0.6) is 0 Å². The average molecular weight is 867 g/mol. The molecular weight excluding hydrogens is 781 g/mol. The number of ether oxygens (including phenoxy) is 2. The molecule has 0 aliphatic carbocycles. The van der Waals surface area contributed by atoms with Crippen molar-refractivity contribution in [3.05, 3.63) is 72.9 Å². The van der Waals surface area contributed by atoms with Crippen molar-refractivity contribution in [1.29, 1.82) is 0 Å². The number of carbonyl (C=O) groups excluding carboxylic acids is 2. The number of hydrogen-bond donors (Lipinski definition) is 3. The number of phosphoric acid groups is 1. The van der Waals surface area contributed by atoms with Gasteiger partial charge in [-0.2, -0.15) is 0 Å². The molecule has 4 atom stereocenters. The topological polar surface area (TPSA) is 149 Å². The summed E-state index contributed by atoms with van der Waals surface area (Å²) in [6.45, 7) is 3.70. The van der Waals surface area contributed by atoms with E-state index in [0.717, 1.165) is 32.1 Å². The normalized spacial score (nSPS) is 15.3. The van der Waals surface area contributed by atoms with E-state index in [2.05, 4.69) is 6.92 Å². The standard InChI is InChI=1S/C48H84NO10P/c1-6-7-8-9-10-11-12-13-14-15-16-20-23-26-33-38-47(52)56-42-46(43-58-60(54,55)57-41-40-49(3,4)5)59-48(53)39-34-27-24-21-18-17-19-22-25-31-36-45(51)37-32-29-28-30-35-44(2)50/h17-18,22,24-25,27,29-32,35-36,44-46,50-51H,6-16,19-21,23,26,28,33-34,37-43H2,1-5H3/p+1/b18-17+,25-22+,27-24+,32-29+,35-30-,36-31-. The van der Waals surface area contributed by atoms with Crippen molar-refractivity contribution >= 4 is 19.8 Å². The largest absolute Gasteiger partial charge is 0.472 e. The van der Waals surface area contributed by atoms with Crippen LogP contribution < -0.4 is 0 Å². The van der Waals surface area contributed by atoms with Gasteiger partial charge in [0.25, 0.3) is 0 Å². The maximum Gasteiger partial charge on any atom is 0.472 e. The molecule has 12 heteroatoms. The van der Waals surface area contributed by atoms with Crippen LogP contribution in [0.2, 0.25) is 0 Å². The fourth-order valence-electron chi connectivity index (χ4n) is 5.78. The van der Waals surface area contributed by atoms with E-state index in [0.29, 0.717) is 30.3 Å². The minimum absolute atomic E-state index is 0.00149. The van der Waals surface area contributed by atoms with E-state index in [1.54, 1.807) is 19.1 Å². The molecule has 0 aliphatic heterocycles. The maximum atomic E-state index is 12.7. The maximum absolute atomic E-state index is 12.7. The summed E-state index contributed by atoms with van der Waals surface area (Å²) in [6.07, 6.45) is 42.7. The van der Waals surface area contributed by atoms with Crippen molar-refractivity contribution in [2.24, 2.45) is 0 Å². The van der Waals surface area contributed by atoms with Crippen molar-refractivity contribution in [2.75, 3.05) is 47.5 Å². The highest BCUT2D eigenvalue weighted by molar-refractivity contribution is 7.47. The summed E-state index contributed by atoms with van der Waals surface area (Å²) in [5.74, 6) is -0.942. The number of esters is 2. The molecular formula is C48H85NO10P+. The molecule has 0 saturated heterocycles. The van der Waals surface area contributed by atoms with E-state index in [4.69, 9.17) is 18.5 Å². The third-order valence-corrected chi connectivity index (χ3v) is 10.3. The van der Waals surface area contributed by atoms with Gasteiger partial charge in [-0.15, -0.1) is 0 Å². The third-order valence-electron chi connectivity index (χ3n) is 9.36. The number of carbonyl (C=O) groups is 2. The molecule has 0 saturated carbocycles. The number of quaternary nitrogens is 1. The monoisotopic (exact) mass is 867 g/mol. The third kappa shape index (κ3) is 43.5. The van der Waals surface area contributed by atoms with Gasteiger partial charge in [-0.25, -0.2) is 4.57 Å². The minimum atomic E-state index is -4.42.